The first-order valence-corrected chi connectivity index (χ1v) is 8.92. The van der Waals surface area contributed by atoms with E-state index in [1.807, 2.05) is 11.6 Å². The number of aliphatic carboxylic acids is 1. The van der Waals surface area contributed by atoms with Crippen molar-refractivity contribution in [3.63, 3.8) is 0 Å². The van der Waals surface area contributed by atoms with E-state index in [9.17, 15) is 22.4 Å². The number of nitrogens with one attached hydrogen (secondary N) is 1. The second kappa shape index (κ2) is 8.74. The van der Waals surface area contributed by atoms with Gasteiger partial charge in [0, 0.05) is 0 Å². The number of unbranched alkanes of at least 4 members (excludes halogenated alkanes) is 1. The van der Waals surface area contributed by atoms with Gasteiger partial charge in [-0.25, -0.2) is 17.6 Å². The van der Waals surface area contributed by atoms with E-state index >= 15 is 0 Å². The van der Waals surface area contributed by atoms with E-state index in [4.69, 9.17) is 9.84 Å². The van der Waals surface area contributed by atoms with Gasteiger partial charge in [0.1, 0.15) is 11.9 Å². The number of rotatable bonds is 9. The average molecular weight is 361 g/mol. The highest BCUT2D eigenvalue weighted by atomic mass is 32.2. The fourth-order valence-electron chi connectivity index (χ4n) is 1.95. The van der Waals surface area contributed by atoms with E-state index in [-0.39, 0.29) is 18.6 Å². The number of carboxylic acid groups (broad SMARTS) is 1. The van der Waals surface area contributed by atoms with Crippen LogP contribution in [0.2, 0.25) is 0 Å². The Hall–Kier alpha value is -2.00. The molecule has 1 unspecified atom stereocenters. The normalized spacial score (nSPS) is 12.6. The SMILES string of the molecule is CCCCC(NS(=O)(=O)c1cc(F)cc(C(=O)OCC)c1)C(=O)O. The number of sulfonamides is 1. The Balaban J connectivity index is 3.13. The quantitative estimate of drug-likeness (QED) is 0.650. The molecule has 1 rings (SSSR count). The summed E-state index contributed by atoms with van der Waals surface area (Å²) in [7, 11) is -4.31. The Kier molecular flexibility index (Phi) is 7.30. The van der Waals surface area contributed by atoms with E-state index in [1.165, 1.54) is 0 Å². The minimum absolute atomic E-state index is 0.0494. The van der Waals surface area contributed by atoms with Crippen LogP contribution in [-0.4, -0.2) is 38.1 Å². The number of carbonyl (C=O) groups is 2. The predicted octanol–water partition coefficient (Wildman–Crippen LogP) is 1.92. The van der Waals surface area contributed by atoms with Crippen LogP contribution in [-0.2, 0) is 19.6 Å². The lowest BCUT2D eigenvalue weighted by atomic mass is 10.1. The Morgan fingerprint density at radius 3 is 2.50 bits per heavy atom. The first kappa shape index (κ1) is 20.0. The summed E-state index contributed by atoms with van der Waals surface area (Å²) in [6.45, 7) is 3.45. The summed E-state index contributed by atoms with van der Waals surface area (Å²) >= 11 is 0. The molecule has 0 spiro atoms. The first-order chi connectivity index (χ1) is 11.2. The van der Waals surface area contributed by atoms with Crippen molar-refractivity contribution >= 4 is 22.0 Å². The molecule has 1 aromatic carbocycles. The third kappa shape index (κ3) is 5.57. The van der Waals surface area contributed by atoms with Gasteiger partial charge in [-0.15, -0.1) is 0 Å². The lowest BCUT2D eigenvalue weighted by Crippen LogP contribution is -2.40. The van der Waals surface area contributed by atoms with Crippen molar-refractivity contribution in [1.29, 1.82) is 0 Å². The van der Waals surface area contributed by atoms with Crippen LogP contribution in [0, 0.1) is 5.82 Å². The number of hydrogen-bond donors (Lipinski definition) is 2. The Labute approximate surface area is 139 Å². The molecule has 7 nitrogen and oxygen atoms in total. The number of carboxylic acids is 1. The van der Waals surface area contributed by atoms with Gasteiger partial charge in [0.05, 0.1) is 17.1 Å². The molecule has 0 saturated heterocycles. The van der Waals surface area contributed by atoms with Crippen LogP contribution in [0.15, 0.2) is 23.1 Å². The molecule has 0 heterocycles. The molecule has 1 atom stereocenters. The Bertz CT molecular complexity index is 704. The van der Waals surface area contributed by atoms with Crippen molar-refractivity contribution < 1.29 is 32.2 Å². The fraction of sp³-hybridized carbons (Fsp3) is 0.467. The van der Waals surface area contributed by atoms with Gasteiger partial charge in [0.25, 0.3) is 0 Å². The van der Waals surface area contributed by atoms with E-state index < -0.39 is 38.7 Å². The molecule has 0 saturated carbocycles. The predicted molar refractivity (Wildman–Crippen MR) is 83.6 cm³/mol. The zero-order valence-corrected chi connectivity index (χ0v) is 14.2. The molecule has 24 heavy (non-hydrogen) atoms. The molecule has 9 heteroatoms. The van der Waals surface area contributed by atoms with Crippen molar-refractivity contribution in [2.75, 3.05) is 6.61 Å². The maximum atomic E-state index is 13.6. The third-order valence-electron chi connectivity index (χ3n) is 3.13. The highest BCUT2D eigenvalue weighted by molar-refractivity contribution is 7.89. The summed E-state index contributed by atoms with van der Waals surface area (Å²) < 4.78 is 45.0. The summed E-state index contributed by atoms with van der Waals surface area (Å²) in [5.41, 5.74) is -0.266. The molecule has 0 aliphatic heterocycles. The standard InChI is InChI=1S/C15H20FNO6S/c1-3-5-6-13(14(18)19)17-24(21,22)12-8-10(7-11(16)9-12)15(20)23-4-2/h7-9,13,17H,3-6H2,1-2H3,(H,18,19). The molecule has 1 aromatic rings. The molecule has 0 aromatic heterocycles. The van der Waals surface area contributed by atoms with E-state index in [1.54, 1.807) is 6.92 Å². The molecule has 0 radical (unpaired) electrons. The minimum Gasteiger partial charge on any atom is -0.480 e. The van der Waals surface area contributed by atoms with Crippen LogP contribution in [0.4, 0.5) is 4.39 Å². The lowest BCUT2D eigenvalue weighted by Gasteiger charge is -2.15. The second-order valence-corrected chi connectivity index (χ2v) is 6.76. The van der Waals surface area contributed by atoms with Crippen molar-refractivity contribution in [2.24, 2.45) is 0 Å². The Morgan fingerprint density at radius 2 is 1.96 bits per heavy atom. The summed E-state index contributed by atoms with van der Waals surface area (Å²) in [4.78, 5) is 22.3. The molecular formula is C15H20FNO6S. The Morgan fingerprint density at radius 1 is 1.29 bits per heavy atom. The van der Waals surface area contributed by atoms with E-state index in [0.717, 1.165) is 12.1 Å². The molecule has 2 N–H and O–H groups in total. The van der Waals surface area contributed by atoms with Gasteiger partial charge in [-0.2, -0.15) is 4.72 Å². The maximum Gasteiger partial charge on any atom is 0.338 e. The van der Waals surface area contributed by atoms with Crippen molar-refractivity contribution in [3.05, 3.63) is 29.6 Å². The van der Waals surface area contributed by atoms with Gasteiger partial charge in [0.15, 0.2) is 0 Å². The average Bonchev–Trinajstić information content (AvgIpc) is 2.50. The molecular weight excluding hydrogens is 341 g/mol. The summed E-state index contributed by atoms with van der Waals surface area (Å²) in [6.07, 6.45) is 1.31. The number of carbonyl (C=O) groups excluding carboxylic acids is 1. The number of halogens is 1. The van der Waals surface area contributed by atoms with Crippen molar-refractivity contribution in [2.45, 2.75) is 44.0 Å². The number of esters is 1. The van der Waals surface area contributed by atoms with Gasteiger partial charge in [0.2, 0.25) is 10.0 Å². The monoisotopic (exact) mass is 361 g/mol. The smallest absolute Gasteiger partial charge is 0.338 e. The van der Waals surface area contributed by atoms with Crippen molar-refractivity contribution in [3.8, 4) is 0 Å². The zero-order valence-electron chi connectivity index (χ0n) is 13.4. The second-order valence-electron chi connectivity index (χ2n) is 5.05. The van der Waals surface area contributed by atoms with Gasteiger partial charge in [-0.05, 0) is 31.5 Å². The van der Waals surface area contributed by atoms with E-state index in [0.29, 0.717) is 18.9 Å². The molecule has 0 fully saturated rings. The van der Waals surface area contributed by atoms with Gasteiger partial charge >= 0.3 is 11.9 Å². The van der Waals surface area contributed by atoms with Crippen LogP contribution >= 0.6 is 0 Å². The van der Waals surface area contributed by atoms with Gasteiger partial charge in [-0.1, -0.05) is 19.8 Å². The minimum atomic E-state index is -4.31. The number of benzene rings is 1. The molecule has 134 valence electrons. The topological polar surface area (TPSA) is 110 Å². The molecule has 0 aliphatic carbocycles. The zero-order chi connectivity index (χ0) is 18.3. The van der Waals surface area contributed by atoms with Gasteiger partial charge in [-0.3, -0.25) is 4.79 Å². The van der Waals surface area contributed by atoms with Crippen LogP contribution < -0.4 is 4.72 Å². The summed E-state index contributed by atoms with van der Waals surface area (Å²) in [6, 6.07) is 1.18. The molecule has 0 bridgehead atoms. The van der Waals surface area contributed by atoms with E-state index in [2.05, 4.69) is 0 Å². The molecule has 0 amide bonds. The molecule has 0 aliphatic rings. The fourth-order valence-corrected chi connectivity index (χ4v) is 3.23. The number of hydrogen-bond acceptors (Lipinski definition) is 5. The number of ether oxygens (including phenoxy) is 1. The summed E-state index contributed by atoms with van der Waals surface area (Å²) in [5.74, 6) is -3.13. The van der Waals surface area contributed by atoms with Crippen LogP contribution in [0.5, 0.6) is 0 Å². The summed E-state index contributed by atoms with van der Waals surface area (Å²) in [5, 5.41) is 9.10. The largest absolute Gasteiger partial charge is 0.480 e. The van der Waals surface area contributed by atoms with Crippen LogP contribution in [0.3, 0.4) is 0 Å². The maximum absolute atomic E-state index is 13.6. The van der Waals surface area contributed by atoms with Crippen LogP contribution in [0.1, 0.15) is 43.5 Å². The van der Waals surface area contributed by atoms with Crippen molar-refractivity contribution in [1.82, 2.24) is 4.72 Å². The highest BCUT2D eigenvalue weighted by Crippen LogP contribution is 2.17. The van der Waals surface area contributed by atoms with Crippen LogP contribution in [0.25, 0.3) is 0 Å². The first-order valence-electron chi connectivity index (χ1n) is 7.44. The van der Waals surface area contributed by atoms with Gasteiger partial charge < -0.3 is 9.84 Å². The third-order valence-corrected chi connectivity index (χ3v) is 4.59. The lowest BCUT2D eigenvalue weighted by molar-refractivity contribution is -0.139. The highest BCUT2D eigenvalue weighted by Gasteiger charge is 2.26.